The fourth-order valence-corrected chi connectivity index (χ4v) is 1.26. The highest BCUT2D eigenvalue weighted by atomic mass is 127. The number of aliphatic carboxylic acids is 1. The standard InChI is InChI=1S/C7H10INO3/c1-4(8)9-5(10)7(2-3-7)6(11)12/h4H,2-3H2,1H3,(H,9,10)(H,11,12). The molecule has 5 heteroatoms. The number of nitrogens with one attached hydrogen (secondary N) is 1. The van der Waals surface area contributed by atoms with Crippen LogP contribution in [0.3, 0.4) is 0 Å². The molecule has 0 radical (unpaired) electrons. The largest absolute Gasteiger partial charge is 0.480 e. The van der Waals surface area contributed by atoms with Crippen LogP contribution >= 0.6 is 22.6 Å². The summed E-state index contributed by atoms with van der Waals surface area (Å²) in [6.07, 6.45) is 0.940. The summed E-state index contributed by atoms with van der Waals surface area (Å²) in [5.41, 5.74) is -1.10. The van der Waals surface area contributed by atoms with Gasteiger partial charge in [0.05, 0.1) is 4.05 Å². The highest BCUT2D eigenvalue weighted by molar-refractivity contribution is 14.1. The number of hydrogen-bond acceptors (Lipinski definition) is 2. The molecule has 4 nitrogen and oxygen atoms in total. The normalized spacial score (nSPS) is 21.2. The van der Waals surface area contributed by atoms with E-state index in [1.807, 2.05) is 22.6 Å². The average molecular weight is 283 g/mol. The number of halogens is 1. The first-order chi connectivity index (χ1) is 5.49. The van der Waals surface area contributed by atoms with Gasteiger partial charge in [-0.05, 0) is 19.8 Å². The summed E-state index contributed by atoms with van der Waals surface area (Å²) in [5.74, 6) is -1.35. The summed E-state index contributed by atoms with van der Waals surface area (Å²) >= 11 is 2.02. The summed E-state index contributed by atoms with van der Waals surface area (Å²) in [6, 6.07) is 0. The van der Waals surface area contributed by atoms with Crippen LogP contribution in [0.4, 0.5) is 0 Å². The first kappa shape index (κ1) is 9.76. The van der Waals surface area contributed by atoms with Gasteiger partial charge in [-0.2, -0.15) is 0 Å². The molecule has 68 valence electrons. The van der Waals surface area contributed by atoms with Gasteiger partial charge in [0.25, 0.3) is 0 Å². The van der Waals surface area contributed by atoms with Gasteiger partial charge in [-0.3, -0.25) is 9.59 Å². The van der Waals surface area contributed by atoms with Gasteiger partial charge in [-0.25, -0.2) is 0 Å². The minimum Gasteiger partial charge on any atom is -0.480 e. The summed E-state index contributed by atoms with van der Waals surface area (Å²) < 4.78 is -0.0214. The molecular weight excluding hydrogens is 273 g/mol. The van der Waals surface area contributed by atoms with Crippen molar-refractivity contribution in [3.63, 3.8) is 0 Å². The van der Waals surface area contributed by atoms with E-state index in [9.17, 15) is 9.59 Å². The molecule has 0 spiro atoms. The Morgan fingerprint density at radius 1 is 1.58 bits per heavy atom. The maximum atomic E-state index is 11.3. The van der Waals surface area contributed by atoms with Crippen LogP contribution in [0.25, 0.3) is 0 Å². The lowest BCUT2D eigenvalue weighted by atomic mass is 10.1. The Morgan fingerprint density at radius 3 is 2.33 bits per heavy atom. The molecule has 0 aliphatic heterocycles. The molecule has 1 atom stereocenters. The van der Waals surface area contributed by atoms with E-state index in [-0.39, 0.29) is 9.96 Å². The van der Waals surface area contributed by atoms with Gasteiger partial charge in [0.1, 0.15) is 5.41 Å². The zero-order valence-corrected chi connectivity index (χ0v) is 8.79. The Morgan fingerprint density at radius 2 is 2.08 bits per heavy atom. The van der Waals surface area contributed by atoms with E-state index < -0.39 is 11.4 Å². The summed E-state index contributed by atoms with van der Waals surface area (Å²) in [7, 11) is 0. The number of carboxylic acids is 1. The van der Waals surface area contributed by atoms with E-state index in [0.717, 1.165) is 0 Å². The van der Waals surface area contributed by atoms with Gasteiger partial charge >= 0.3 is 5.97 Å². The number of carbonyl (C=O) groups is 2. The minimum absolute atomic E-state index is 0.0214. The van der Waals surface area contributed by atoms with Crippen LogP contribution in [0.15, 0.2) is 0 Å². The Labute approximate surface area is 83.9 Å². The summed E-state index contributed by atoms with van der Waals surface area (Å²) in [6.45, 7) is 1.80. The van der Waals surface area contributed by atoms with Gasteiger partial charge in [0, 0.05) is 0 Å². The van der Waals surface area contributed by atoms with Crippen LogP contribution in [0.1, 0.15) is 19.8 Å². The van der Waals surface area contributed by atoms with Crippen LogP contribution < -0.4 is 5.32 Å². The Balaban J connectivity index is 2.58. The van der Waals surface area contributed by atoms with Crippen LogP contribution in [-0.2, 0) is 9.59 Å². The maximum Gasteiger partial charge on any atom is 0.319 e. The minimum atomic E-state index is -1.10. The number of amides is 1. The fourth-order valence-electron chi connectivity index (χ4n) is 0.982. The first-order valence-corrected chi connectivity index (χ1v) is 4.92. The Bertz CT molecular complexity index is 223. The zero-order chi connectivity index (χ0) is 9.35. The lowest BCUT2D eigenvalue weighted by Crippen LogP contribution is -2.39. The maximum absolute atomic E-state index is 11.3. The SMILES string of the molecule is CC(I)NC(=O)C1(C(=O)O)CC1. The highest BCUT2D eigenvalue weighted by Crippen LogP contribution is 2.46. The van der Waals surface area contributed by atoms with Crippen molar-refractivity contribution in [2.75, 3.05) is 0 Å². The van der Waals surface area contributed by atoms with Gasteiger partial charge < -0.3 is 10.4 Å². The second kappa shape index (κ2) is 3.20. The molecule has 1 amide bonds. The molecule has 1 saturated carbocycles. The number of hydrogen-bond donors (Lipinski definition) is 2. The van der Waals surface area contributed by atoms with Crippen molar-refractivity contribution < 1.29 is 14.7 Å². The zero-order valence-electron chi connectivity index (χ0n) is 6.63. The van der Waals surface area contributed by atoms with E-state index >= 15 is 0 Å². The molecule has 0 aromatic carbocycles. The van der Waals surface area contributed by atoms with Crippen LogP contribution in [0, 0.1) is 5.41 Å². The van der Waals surface area contributed by atoms with E-state index in [1.54, 1.807) is 6.92 Å². The predicted molar refractivity (Wildman–Crippen MR) is 50.9 cm³/mol. The van der Waals surface area contributed by atoms with Crippen molar-refractivity contribution in [3.05, 3.63) is 0 Å². The molecule has 0 saturated heterocycles. The third-order valence-corrected chi connectivity index (χ3v) is 2.24. The van der Waals surface area contributed by atoms with Crippen molar-refractivity contribution in [2.45, 2.75) is 23.8 Å². The molecular formula is C7H10INO3. The van der Waals surface area contributed by atoms with Gasteiger partial charge in [-0.1, -0.05) is 22.6 Å². The van der Waals surface area contributed by atoms with E-state index in [1.165, 1.54) is 0 Å². The first-order valence-electron chi connectivity index (χ1n) is 3.67. The summed E-state index contributed by atoms with van der Waals surface area (Å²) in [4.78, 5) is 21.9. The molecule has 1 unspecified atom stereocenters. The van der Waals surface area contributed by atoms with Crippen molar-refractivity contribution >= 4 is 34.5 Å². The number of carbonyl (C=O) groups excluding carboxylic acids is 1. The molecule has 1 aliphatic rings. The lowest BCUT2D eigenvalue weighted by Gasteiger charge is -2.11. The van der Waals surface area contributed by atoms with Crippen LogP contribution in [-0.4, -0.2) is 21.0 Å². The Kier molecular flexibility index (Phi) is 2.60. The van der Waals surface area contributed by atoms with Gasteiger partial charge in [0.15, 0.2) is 0 Å². The molecule has 12 heavy (non-hydrogen) atoms. The lowest BCUT2D eigenvalue weighted by molar-refractivity contribution is -0.149. The molecule has 0 aromatic rings. The molecule has 2 N–H and O–H groups in total. The second-order valence-corrected chi connectivity index (χ2v) is 4.85. The van der Waals surface area contributed by atoms with Gasteiger partial charge in [0.2, 0.25) is 5.91 Å². The van der Waals surface area contributed by atoms with Crippen molar-refractivity contribution in [3.8, 4) is 0 Å². The van der Waals surface area contributed by atoms with Crippen molar-refractivity contribution in [1.82, 2.24) is 5.32 Å². The Hall–Kier alpha value is -0.330. The monoisotopic (exact) mass is 283 g/mol. The van der Waals surface area contributed by atoms with E-state index in [2.05, 4.69) is 5.32 Å². The number of alkyl halides is 1. The van der Waals surface area contributed by atoms with Crippen LogP contribution in [0.5, 0.6) is 0 Å². The van der Waals surface area contributed by atoms with E-state index in [0.29, 0.717) is 12.8 Å². The smallest absolute Gasteiger partial charge is 0.319 e. The predicted octanol–water partition coefficient (Wildman–Crippen LogP) is 0.748. The molecule has 0 heterocycles. The van der Waals surface area contributed by atoms with E-state index in [4.69, 9.17) is 5.11 Å². The number of rotatable bonds is 3. The molecule has 1 aliphatic carbocycles. The molecule has 1 fully saturated rings. The molecule has 0 aromatic heterocycles. The topological polar surface area (TPSA) is 66.4 Å². The fraction of sp³-hybridized carbons (Fsp3) is 0.714. The molecule has 1 rings (SSSR count). The third kappa shape index (κ3) is 1.70. The summed E-state index contributed by atoms with van der Waals surface area (Å²) in [5, 5.41) is 11.3. The highest BCUT2D eigenvalue weighted by Gasteiger charge is 2.57. The third-order valence-electron chi connectivity index (χ3n) is 1.92. The average Bonchev–Trinajstić information content (AvgIpc) is 2.63. The van der Waals surface area contributed by atoms with Crippen molar-refractivity contribution in [1.29, 1.82) is 0 Å². The quantitative estimate of drug-likeness (QED) is 0.347. The van der Waals surface area contributed by atoms with Gasteiger partial charge in [-0.15, -0.1) is 0 Å². The second-order valence-electron chi connectivity index (χ2n) is 2.98. The molecule has 0 bridgehead atoms. The van der Waals surface area contributed by atoms with Crippen LogP contribution in [0.2, 0.25) is 0 Å². The number of carboxylic acid groups (broad SMARTS) is 1. The van der Waals surface area contributed by atoms with Crippen molar-refractivity contribution in [2.24, 2.45) is 5.41 Å².